The Balaban J connectivity index is 1.42. The van der Waals surface area contributed by atoms with Crippen LogP contribution in [0.1, 0.15) is 55.0 Å². The normalized spacial score (nSPS) is 17.9. The van der Waals surface area contributed by atoms with Gasteiger partial charge in [0.05, 0.1) is 15.8 Å². The number of rotatable bonds is 6. The van der Waals surface area contributed by atoms with Gasteiger partial charge in [-0.05, 0) is 63.1 Å². The first-order valence-corrected chi connectivity index (χ1v) is 14.0. The predicted molar refractivity (Wildman–Crippen MR) is 126 cm³/mol. The van der Waals surface area contributed by atoms with Crippen molar-refractivity contribution in [1.82, 2.24) is 9.29 Å². The lowest BCUT2D eigenvalue weighted by molar-refractivity contribution is -0.115. The molecule has 1 aliphatic carbocycles. The molecule has 32 heavy (non-hydrogen) atoms. The van der Waals surface area contributed by atoms with E-state index in [0.717, 1.165) is 44.1 Å². The molecular weight excluding hydrogens is 464 g/mol. The van der Waals surface area contributed by atoms with E-state index in [4.69, 9.17) is 0 Å². The number of carbonyl (C=O) groups is 1. The lowest BCUT2D eigenvalue weighted by atomic mass is 10.1. The summed E-state index contributed by atoms with van der Waals surface area (Å²) in [5.74, 6) is -0.196. The quantitative estimate of drug-likeness (QED) is 0.481. The fraction of sp³-hybridized carbons (Fsp3) is 0.500. The van der Waals surface area contributed by atoms with Crippen LogP contribution in [0.15, 0.2) is 28.3 Å². The Bertz CT molecular complexity index is 1130. The zero-order valence-corrected chi connectivity index (χ0v) is 20.4. The van der Waals surface area contributed by atoms with Gasteiger partial charge in [-0.25, -0.2) is 13.4 Å². The van der Waals surface area contributed by atoms with Crippen molar-refractivity contribution in [2.24, 2.45) is 0 Å². The molecule has 4 rings (SSSR count). The SMILES string of the molecule is CC(Sc1ccc(S(=O)(=O)N2CCCC2)cn1)C(=O)Nc1sc2c(c1C#N)CCCCC2. The first-order valence-electron chi connectivity index (χ1n) is 10.9. The summed E-state index contributed by atoms with van der Waals surface area (Å²) >= 11 is 2.78. The van der Waals surface area contributed by atoms with E-state index in [1.807, 2.05) is 0 Å². The van der Waals surface area contributed by atoms with Gasteiger partial charge < -0.3 is 5.32 Å². The van der Waals surface area contributed by atoms with Crippen LogP contribution in [0, 0.1) is 11.3 Å². The van der Waals surface area contributed by atoms with Crippen molar-refractivity contribution < 1.29 is 13.2 Å². The van der Waals surface area contributed by atoms with Gasteiger partial charge in [-0.1, -0.05) is 18.2 Å². The molecule has 2 aromatic heterocycles. The average molecular weight is 491 g/mol. The predicted octanol–water partition coefficient (Wildman–Crippen LogP) is 4.19. The van der Waals surface area contributed by atoms with Gasteiger partial charge in [0.2, 0.25) is 15.9 Å². The van der Waals surface area contributed by atoms with Gasteiger partial charge in [0.1, 0.15) is 16.0 Å². The number of nitriles is 1. The average Bonchev–Trinajstić information content (AvgIpc) is 3.37. The molecule has 0 bridgehead atoms. The minimum Gasteiger partial charge on any atom is -0.316 e. The molecule has 1 amide bonds. The monoisotopic (exact) mass is 490 g/mol. The van der Waals surface area contributed by atoms with Gasteiger partial charge in [0.25, 0.3) is 0 Å². The number of fused-ring (bicyclic) bond motifs is 1. The second kappa shape index (κ2) is 9.91. The molecule has 170 valence electrons. The molecule has 2 aromatic rings. The number of nitrogens with zero attached hydrogens (tertiary/aromatic N) is 3. The molecule has 1 fully saturated rings. The highest BCUT2D eigenvalue weighted by molar-refractivity contribution is 8.00. The first-order chi connectivity index (χ1) is 15.4. The number of pyridine rings is 1. The minimum absolute atomic E-state index is 0.180. The number of hydrogen-bond donors (Lipinski definition) is 1. The molecule has 3 heterocycles. The van der Waals surface area contributed by atoms with Crippen molar-refractivity contribution in [3.8, 4) is 6.07 Å². The van der Waals surface area contributed by atoms with Crippen LogP contribution in [0.5, 0.6) is 0 Å². The minimum atomic E-state index is -3.50. The fourth-order valence-electron chi connectivity index (χ4n) is 4.06. The molecule has 1 unspecified atom stereocenters. The number of amides is 1. The molecule has 10 heteroatoms. The smallest absolute Gasteiger partial charge is 0.244 e. The molecule has 1 aliphatic heterocycles. The summed E-state index contributed by atoms with van der Waals surface area (Å²) in [5.41, 5.74) is 1.70. The lowest BCUT2D eigenvalue weighted by Gasteiger charge is -2.15. The number of aryl methyl sites for hydroxylation is 1. The van der Waals surface area contributed by atoms with Crippen LogP contribution in [0.3, 0.4) is 0 Å². The van der Waals surface area contributed by atoms with E-state index in [1.165, 1.54) is 44.9 Å². The van der Waals surface area contributed by atoms with Crippen LogP contribution < -0.4 is 5.32 Å². The zero-order chi connectivity index (χ0) is 22.7. The summed E-state index contributed by atoms with van der Waals surface area (Å²) < 4.78 is 26.8. The molecule has 7 nitrogen and oxygen atoms in total. The molecule has 1 atom stereocenters. The Labute approximate surface area is 197 Å². The number of thioether (sulfide) groups is 1. The molecule has 0 spiro atoms. The number of thiophene rings is 1. The molecule has 2 aliphatic rings. The van der Waals surface area contributed by atoms with E-state index in [9.17, 15) is 18.5 Å². The highest BCUT2D eigenvalue weighted by Crippen LogP contribution is 2.37. The second-order valence-electron chi connectivity index (χ2n) is 8.07. The van der Waals surface area contributed by atoms with Gasteiger partial charge in [-0.3, -0.25) is 4.79 Å². The number of sulfonamides is 1. The van der Waals surface area contributed by atoms with E-state index in [-0.39, 0.29) is 10.8 Å². The standard InChI is InChI=1S/C22H26N4O3S3/c1-15(21(27)25-22-18(13-23)17-7-3-2-4-8-19(17)31-22)30-20-10-9-16(14-24-20)32(28,29)26-11-5-6-12-26/h9-10,14-15H,2-8,11-12H2,1H3,(H,25,27). The van der Waals surface area contributed by atoms with Crippen LogP contribution in [0.25, 0.3) is 0 Å². The van der Waals surface area contributed by atoms with Crippen LogP contribution in [-0.2, 0) is 27.7 Å². The topological polar surface area (TPSA) is 103 Å². The van der Waals surface area contributed by atoms with Crippen molar-refractivity contribution in [3.05, 3.63) is 34.3 Å². The number of carbonyl (C=O) groups excluding carboxylic acids is 1. The van der Waals surface area contributed by atoms with Gasteiger partial charge in [0.15, 0.2) is 0 Å². The van der Waals surface area contributed by atoms with Crippen molar-refractivity contribution in [3.63, 3.8) is 0 Å². The number of aromatic nitrogens is 1. The van der Waals surface area contributed by atoms with E-state index in [1.54, 1.807) is 19.1 Å². The summed E-state index contributed by atoms with van der Waals surface area (Å²) in [5, 5.41) is 13.4. The zero-order valence-electron chi connectivity index (χ0n) is 18.0. The van der Waals surface area contributed by atoms with Crippen LogP contribution in [-0.4, -0.2) is 42.0 Å². The number of nitrogens with one attached hydrogen (secondary N) is 1. The first kappa shape index (κ1) is 23.2. The third-order valence-electron chi connectivity index (χ3n) is 5.85. The summed E-state index contributed by atoms with van der Waals surface area (Å²) in [6.07, 6.45) is 8.36. The largest absolute Gasteiger partial charge is 0.316 e. The third kappa shape index (κ3) is 4.86. The van der Waals surface area contributed by atoms with Gasteiger partial charge in [-0.2, -0.15) is 9.57 Å². The van der Waals surface area contributed by atoms with E-state index in [0.29, 0.717) is 28.7 Å². The van der Waals surface area contributed by atoms with Crippen LogP contribution in [0.4, 0.5) is 5.00 Å². The third-order valence-corrected chi connectivity index (χ3v) is 9.99. The Morgan fingerprint density at radius 2 is 1.97 bits per heavy atom. The van der Waals surface area contributed by atoms with E-state index in [2.05, 4.69) is 16.4 Å². The molecule has 0 aromatic carbocycles. The Morgan fingerprint density at radius 3 is 2.66 bits per heavy atom. The van der Waals surface area contributed by atoms with E-state index >= 15 is 0 Å². The van der Waals surface area contributed by atoms with Gasteiger partial charge in [-0.15, -0.1) is 11.3 Å². The maximum Gasteiger partial charge on any atom is 0.244 e. The Kier molecular flexibility index (Phi) is 7.20. The summed E-state index contributed by atoms with van der Waals surface area (Å²) in [4.78, 5) is 18.5. The summed E-state index contributed by atoms with van der Waals surface area (Å²) in [7, 11) is -3.50. The van der Waals surface area contributed by atoms with E-state index < -0.39 is 15.3 Å². The van der Waals surface area contributed by atoms with Crippen molar-refractivity contribution in [2.75, 3.05) is 18.4 Å². The second-order valence-corrected chi connectivity index (χ2v) is 12.5. The Morgan fingerprint density at radius 1 is 1.22 bits per heavy atom. The maximum atomic E-state index is 12.8. The van der Waals surface area contributed by atoms with Crippen LogP contribution >= 0.6 is 23.1 Å². The molecule has 1 N–H and O–H groups in total. The number of anilines is 1. The van der Waals surface area contributed by atoms with Gasteiger partial charge >= 0.3 is 0 Å². The fourth-order valence-corrected chi connectivity index (χ4v) is 7.56. The number of hydrogen-bond acceptors (Lipinski definition) is 7. The van der Waals surface area contributed by atoms with Crippen molar-refractivity contribution >= 4 is 44.0 Å². The van der Waals surface area contributed by atoms with Crippen molar-refractivity contribution in [1.29, 1.82) is 5.26 Å². The molecule has 0 radical (unpaired) electrons. The highest BCUT2D eigenvalue weighted by Gasteiger charge is 2.28. The molecule has 0 saturated carbocycles. The lowest BCUT2D eigenvalue weighted by Crippen LogP contribution is -2.28. The molecular formula is C22H26N4O3S3. The summed E-state index contributed by atoms with van der Waals surface area (Å²) in [6, 6.07) is 5.48. The highest BCUT2D eigenvalue weighted by atomic mass is 32.2. The van der Waals surface area contributed by atoms with Gasteiger partial charge in [0, 0.05) is 24.2 Å². The maximum absolute atomic E-state index is 12.8. The Hall–Kier alpha value is -1.93. The molecule has 1 saturated heterocycles. The summed E-state index contributed by atoms with van der Waals surface area (Å²) in [6.45, 7) is 2.88. The van der Waals surface area contributed by atoms with Crippen molar-refractivity contribution in [2.45, 2.75) is 67.0 Å². The van der Waals surface area contributed by atoms with Crippen LogP contribution in [0.2, 0.25) is 0 Å².